The SMILES string of the molecule is CN1CCOc2ccc(S(=O)(=O)N3CCN(c4ccccc4)CC3)cc21. The highest BCUT2D eigenvalue weighted by Gasteiger charge is 2.30. The number of sulfonamides is 1. The molecule has 7 heteroatoms. The van der Waals surface area contributed by atoms with Crippen molar-refractivity contribution in [2.45, 2.75) is 4.90 Å². The van der Waals surface area contributed by atoms with E-state index in [0.29, 0.717) is 37.7 Å². The monoisotopic (exact) mass is 373 g/mol. The van der Waals surface area contributed by atoms with Crippen LogP contribution in [0.4, 0.5) is 11.4 Å². The van der Waals surface area contributed by atoms with Gasteiger partial charge in [-0.1, -0.05) is 18.2 Å². The van der Waals surface area contributed by atoms with Crippen LogP contribution in [0, 0.1) is 0 Å². The van der Waals surface area contributed by atoms with Crippen molar-refractivity contribution in [1.29, 1.82) is 0 Å². The molecule has 6 nitrogen and oxygen atoms in total. The van der Waals surface area contributed by atoms with Gasteiger partial charge in [-0.3, -0.25) is 0 Å². The van der Waals surface area contributed by atoms with Crippen LogP contribution in [0.1, 0.15) is 0 Å². The molecular formula is C19H23N3O3S. The van der Waals surface area contributed by atoms with Gasteiger partial charge in [0.05, 0.1) is 17.1 Å². The van der Waals surface area contributed by atoms with Crippen LogP contribution >= 0.6 is 0 Å². The number of anilines is 2. The lowest BCUT2D eigenvalue weighted by Gasteiger charge is -2.35. The number of nitrogens with zero attached hydrogens (tertiary/aromatic N) is 3. The second-order valence-electron chi connectivity index (χ2n) is 6.63. The van der Waals surface area contributed by atoms with Crippen LogP contribution < -0.4 is 14.5 Å². The molecule has 0 spiro atoms. The number of hydrogen-bond donors (Lipinski definition) is 0. The summed E-state index contributed by atoms with van der Waals surface area (Å²) in [6.07, 6.45) is 0. The van der Waals surface area contributed by atoms with Gasteiger partial charge in [-0.05, 0) is 30.3 Å². The fourth-order valence-electron chi connectivity index (χ4n) is 3.47. The maximum atomic E-state index is 13.1. The van der Waals surface area contributed by atoms with Crippen molar-refractivity contribution < 1.29 is 13.2 Å². The lowest BCUT2D eigenvalue weighted by molar-refractivity contribution is 0.311. The van der Waals surface area contributed by atoms with E-state index >= 15 is 0 Å². The van der Waals surface area contributed by atoms with Gasteiger partial charge in [0.2, 0.25) is 10.0 Å². The van der Waals surface area contributed by atoms with Crippen LogP contribution in [-0.4, -0.2) is 59.1 Å². The third-order valence-corrected chi connectivity index (χ3v) is 6.92. The molecular weight excluding hydrogens is 350 g/mol. The number of piperazine rings is 1. The highest BCUT2D eigenvalue weighted by atomic mass is 32.2. The highest BCUT2D eigenvalue weighted by molar-refractivity contribution is 7.89. The largest absolute Gasteiger partial charge is 0.490 e. The zero-order valence-corrected chi connectivity index (χ0v) is 15.7. The normalized spacial score (nSPS) is 18.3. The van der Waals surface area contributed by atoms with E-state index in [0.717, 1.165) is 23.7 Å². The van der Waals surface area contributed by atoms with Crippen molar-refractivity contribution in [3.8, 4) is 5.75 Å². The van der Waals surface area contributed by atoms with Crippen LogP contribution in [0.25, 0.3) is 0 Å². The van der Waals surface area contributed by atoms with Crippen LogP contribution in [0.5, 0.6) is 5.75 Å². The molecule has 0 radical (unpaired) electrons. The minimum Gasteiger partial charge on any atom is -0.490 e. The van der Waals surface area contributed by atoms with E-state index in [2.05, 4.69) is 17.0 Å². The van der Waals surface area contributed by atoms with Gasteiger partial charge in [0.15, 0.2) is 0 Å². The maximum Gasteiger partial charge on any atom is 0.243 e. The molecule has 2 aliphatic heterocycles. The first kappa shape index (κ1) is 17.2. The summed E-state index contributed by atoms with van der Waals surface area (Å²) in [5.74, 6) is 0.742. The van der Waals surface area contributed by atoms with E-state index in [4.69, 9.17) is 4.74 Å². The zero-order valence-electron chi connectivity index (χ0n) is 14.8. The Kier molecular flexibility index (Phi) is 4.50. The second kappa shape index (κ2) is 6.81. The smallest absolute Gasteiger partial charge is 0.243 e. The van der Waals surface area contributed by atoms with Crippen molar-refractivity contribution in [1.82, 2.24) is 4.31 Å². The van der Waals surface area contributed by atoms with E-state index in [-0.39, 0.29) is 0 Å². The Morgan fingerprint density at radius 3 is 2.38 bits per heavy atom. The van der Waals surface area contributed by atoms with Crippen molar-refractivity contribution >= 4 is 21.4 Å². The quantitative estimate of drug-likeness (QED) is 0.824. The Hall–Kier alpha value is -2.25. The first-order valence-corrected chi connectivity index (χ1v) is 10.3. The number of benzene rings is 2. The summed E-state index contributed by atoms with van der Waals surface area (Å²) in [7, 11) is -1.55. The second-order valence-corrected chi connectivity index (χ2v) is 8.56. The molecule has 26 heavy (non-hydrogen) atoms. The molecule has 1 saturated heterocycles. The van der Waals surface area contributed by atoms with Crippen molar-refractivity contribution in [2.75, 3.05) is 56.2 Å². The van der Waals surface area contributed by atoms with Gasteiger partial charge < -0.3 is 14.5 Å². The fourth-order valence-corrected chi connectivity index (χ4v) is 4.91. The summed E-state index contributed by atoms with van der Waals surface area (Å²) < 4.78 is 33.3. The van der Waals surface area contributed by atoms with E-state index in [9.17, 15) is 8.42 Å². The van der Waals surface area contributed by atoms with E-state index < -0.39 is 10.0 Å². The fraction of sp³-hybridized carbons (Fsp3) is 0.368. The maximum absolute atomic E-state index is 13.1. The molecule has 0 saturated carbocycles. The van der Waals surface area contributed by atoms with Crippen LogP contribution in [0.15, 0.2) is 53.4 Å². The molecule has 2 aromatic carbocycles. The molecule has 2 heterocycles. The van der Waals surface area contributed by atoms with Gasteiger partial charge in [-0.25, -0.2) is 8.42 Å². The highest BCUT2D eigenvalue weighted by Crippen LogP contribution is 2.34. The van der Waals surface area contributed by atoms with Gasteiger partial charge in [-0.15, -0.1) is 0 Å². The number of para-hydroxylation sites is 1. The van der Waals surface area contributed by atoms with Gasteiger partial charge >= 0.3 is 0 Å². The average molecular weight is 373 g/mol. The molecule has 0 N–H and O–H groups in total. The van der Waals surface area contributed by atoms with Crippen LogP contribution in [-0.2, 0) is 10.0 Å². The Labute approximate surface area is 154 Å². The van der Waals surface area contributed by atoms with Crippen molar-refractivity contribution in [3.63, 3.8) is 0 Å². The van der Waals surface area contributed by atoms with Crippen molar-refractivity contribution in [2.24, 2.45) is 0 Å². The first-order valence-electron chi connectivity index (χ1n) is 8.84. The first-order chi connectivity index (χ1) is 12.6. The summed E-state index contributed by atoms with van der Waals surface area (Å²) in [4.78, 5) is 4.59. The molecule has 0 aromatic heterocycles. The number of hydrogen-bond acceptors (Lipinski definition) is 5. The van der Waals surface area contributed by atoms with Gasteiger partial charge in [0, 0.05) is 38.9 Å². The van der Waals surface area contributed by atoms with Gasteiger partial charge in [-0.2, -0.15) is 4.31 Å². The predicted molar refractivity (Wildman–Crippen MR) is 103 cm³/mol. The molecule has 1 fully saturated rings. The number of rotatable bonds is 3. The Morgan fingerprint density at radius 1 is 0.923 bits per heavy atom. The summed E-state index contributed by atoms with van der Waals surface area (Å²) in [5, 5.41) is 0. The number of ether oxygens (including phenoxy) is 1. The summed E-state index contributed by atoms with van der Waals surface area (Å²) in [5.41, 5.74) is 1.97. The lowest BCUT2D eigenvalue weighted by Crippen LogP contribution is -2.48. The summed E-state index contributed by atoms with van der Waals surface area (Å²) in [6, 6.07) is 15.3. The lowest BCUT2D eigenvalue weighted by atomic mass is 10.2. The van der Waals surface area contributed by atoms with Crippen LogP contribution in [0.3, 0.4) is 0 Å². The third-order valence-electron chi connectivity index (χ3n) is 5.02. The number of likely N-dealkylation sites (N-methyl/N-ethyl adjacent to an activating group) is 1. The predicted octanol–water partition coefficient (Wildman–Crippen LogP) is 2.03. The Morgan fingerprint density at radius 2 is 1.65 bits per heavy atom. The molecule has 0 amide bonds. The minimum absolute atomic E-state index is 0.335. The Balaban J connectivity index is 1.52. The molecule has 0 atom stereocenters. The molecule has 2 aromatic rings. The molecule has 0 bridgehead atoms. The summed E-state index contributed by atoms with van der Waals surface area (Å²) in [6.45, 7) is 3.74. The zero-order chi connectivity index (χ0) is 18.1. The number of fused-ring (bicyclic) bond motifs is 1. The molecule has 4 rings (SSSR count). The van der Waals surface area contributed by atoms with E-state index in [1.807, 2.05) is 30.1 Å². The molecule has 138 valence electrons. The topological polar surface area (TPSA) is 53.1 Å². The van der Waals surface area contributed by atoms with Crippen molar-refractivity contribution in [3.05, 3.63) is 48.5 Å². The molecule has 0 unspecified atom stereocenters. The van der Waals surface area contributed by atoms with Gasteiger partial charge in [0.25, 0.3) is 0 Å². The van der Waals surface area contributed by atoms with E-state index in [1.54, 1.807) is 22.5 Å². The third kappa shape index (κ3) is 3.12. The summed E-state index contributed by atoms with van der Waals surface area (Å²) >= 11 is 0. The Bertz CT molecular complexity index is 878. The molecule has 0 aliphatic carbocycles. The van der Waals surface area contributed by atoms with Crippen LogP contribution in [0.2, 0.25) is 0 Å². The van der Waals surface area contributed by atoms with E-state index in [1.165, 1.54) is 0 Å². The minimum atomic E-state index is -3.50. The van der Waals surface area contributed by atoms with Gasteiger partial charge in [0.1, 0.15) is 12.4 Å². The molecule has 2 aliphatic rings. The standard InChI is InChI=1S/C19H23N3O3S/c1-20-13-14-25-19-8-7-17(15-18(19)20)26(23,24)22-11-9-21(10-12-22)16-5-3-2-4-6-16/h2-8,15H,9-14H2,1H3. The average Bonchev–Trinajstić information content (AvgIpc) is 2.69.